The summed E-state index contributed by atoms with van der Waals surface area (Å²) in [4.78, 5) is 119. The number of carbonyl (C=O) groups is 7. The second-order valence-corrected chi connectivity index (χ2v) is 37.9. The van der Waals surface area contributed by atoms with Crippen molar-refractivity contribution >= 4 is 86.8 Å². The van der Waals surface area contributed by atoms with Crippen LogP contribution in [-0.2, 0) is 40.0 Å². The Balaban J connectivity index is 0.000000177. The SMILES string of the molecule is CN1CCc2ccc(N(C)C(=O)CNC3CCCC3)cc21.Cc1ccc(N(C)C(=O)CNC2CCCC2)cc1F.Cc1ccc(N(C)C(=O)CNC2CCCCC2)cc1.Cc1ccc(N(C)C(=O)CNC2CCCCC2)cc1F.Cc1ccc(N(C)C(=O)CNC2CCCCC2)cn1.Cc1ncc(N(C)C(=O)CNC2CCCC2)cn1.Cc1ncc(N(C)C(=O)CNC2CCCCC2)cn1. The molecule has 0 atom stereocenters. The molecule has 738 valence electrons. The lowest BCUT2D eigenvalue weighted by molar-refractivity contribution is -0.118. The maximum absolute atomic E-state index is 13.5. The van der Waals surface area contributed by atoms with E-state index >= 15 is 0 Å². The monoisotopic (exact) mass is 1860 g/mol. The summed E-state index contributed by atoms with van der Waals surface area (Å²) in [6.07, 6.45) is 49.2. The summed E-state index contributed by atoms with van der Waals surface area (Å²) in [6, 6.07) is 31.5. The summed E-state index contributed by atoms with van der Waals surface area (Å²) in [5.74, 6) is 1.28. The zero-order valence-electron chi connectivity index (χ0n) is 83.5. The van der Waals surface area contributed by atoms with Crippen LogP contribution in [0.5, 0.6) is 0 Å². The topological polar surface area (TPSA) is 294 Å². The maximum Gasteiger partial charge on any atom is 0.240 e. The molecule has 27 nitrogen and oxygen atoms in total. The summed E-state index contributed by atoms with van der Waals surface area (Å²) in [7, 11) is 14.5. The van der Waals surface area contributed by atoms with E-state index in [2.05, 4.69) is 99.2 Å². The average molecular weight is 1860 g/mol. The predicted octanol–water partition coefficient (Wildman–Crippen LogP) is 15.9. The van der Waals surface area contributed by atoms with E-state index in [1.54, 1.807) is 129 Å². The Morgan fingerprint density at radius 3 is 0.815 bits per heavy atom. The number of pyridine rings is 1. The molecule has 1 aliphatic heterocycles. The molecule has 4 aromatic carbocycles. The fourth-order valence-electron chi connectivity index (χ4n) is 17.9. The third kappa shape index (κ3) is 37.4. The Kier molecular flexibility index (Phi) is 46.5. The Hall–Kier alpha value is -10.1. The Bertz CT molecular complexity index is 4550. The van der Waals surface area contributed by atoms with Gasteiger partial charge in [-0.15, -0.1) is 0 Å². The lowest BCUT2D eigenvalue weighted by Gasteiger charge is -2.24. The van der Waals surface area contributed by atoms with Gasteiger partial charge in [-0.25, -0.2) is 28.7 Å². The van der Waals surface area contributed by atoms with E-state index in [1.807, 2.05) is 71.3 Å². The van der Waals surface area contributed by atoms with Gasteiger partial charge in [0.15, 0.2) is 0 Å². The van der Waals surface area contributed by atoms with Crippen LogP contribution in [-0.4, -0.2) is 217 Å². The highest BCUT2D eigenvalue weighted by molar-refractivity contribution is 5.98. The van der Waals surface area contributed by atoms with Crippen molar-refractivity contribution in [1.82, 2.24) is 62.1 Å². The van der Waals surface area contributed by atoms with Crippen molar-refractivity contribution in [1.29, 1.82) is 0 Å². The van der Waals surface area contributed by atoms with E-state index in [9.17, 15) is 42.3 Å². The molecule has 15 rings (SSSR count). The number of nitrogens with zero attached hydrogens (tertiary/aromatic N) is 13. The van der Waals surface area contributed by atoms with Crippen LogP contribution < -0.4 is 76.4 Å². The first kappa shape index (κ1) is 109. The number of aromatic nitrogens is 5. The minimum atomic E-state index is -0.277. The highest BCUT2D eigenvalue weighted by Gasteiger charge is 2.27. The van der Waals surface area contributed by atoms with Crippen molar-refractivity contribution in [2.24, 2.45) is 0 Å². The minimum Gasteiger partial charge on any atom is -0.374 e. The number of likely N-dealkylation sites (N-methyl/N-ethyl adjacent to an activating group) is 8. The fraction of sp³-hybridized carbons (Fsp3) is 0.585. The second kappa shape index (κ2) is 57.8. The molecule has 7 amide bonds. The molecule has 7 saturated carbocycles. The summed E-state index contributed by atoms with van der Waals surface area (Å²) in [5, 5.41) is 23.4. The number of nitrogens with one attached hydrogen (secondary N) is 7. The molecule has 29 heteroatoms. The van der Waals surface area contributed by atoms with Gasteiger partial charge in [-0.05, 0) is 215 Å². The molecule has 7 aliphatic carbocycles. The van der Waals surface area contributed by atoms with Gasteiger partial charge < -0.3 is 76.4 Å². The van der Waals surface area contributed by atoms with Gasteiger partial charge in [0.05, 0.1) is 93.9 Å². The largest absolute Gasteiger partial charge is 0.374 e. The normalized spacial score (nSPS) is 16.4. The first-order valence-electron chi connectivity index (χ1n) is 49.9. The van der Waals surface area contributed by atoms with Crippen LogP contribution in [0.2, 0.25) is 0 Å². The van der Waals surface area contributed by atoms with Crippen molar-refractivity contribution in [2.75, 3.05) is 148 Å². The van der Waals surface area contributed by atoms with Gasteiger partial charge >= 0.3 is 0 Å². The summed E-state index contributed by atoms with van der Waals surface area (Å²) < 4.78 is 27.0. The molecule has 7 N–H and O–H groups in total. The van der Waals surface area contributed by atoms with E-state index < -0.39 is 0 Å². The molecular formula is C106H158F2N20O7. The number of fused-ring (bicyclic) bond motifs is 1. The summed E-state index contributed by atoms with van der Waals surface area (Å²) in [5.41, 5.74) is 11.5. The molecule has 0 radical (unpaired) electrons. The van der Waals surface area contributed by atoms with Gasteiger partial charge in [-0.3, -0.25) is 38.5 Å². The van der Waals surface area contributed by atoms with Crippen molar-refractivity contribution in [3.63, 3.8) is 0 Å². The van der Waals surface area contributed by atoms with Crippen LogP contribution in [0, 0.1) is 53.2 Å². The lowest BCUT2D eigenvalue weighted by Crippen LogP contribution is -2.41. The van der Waals surface area contributed by atoms with Crippen LogP contribution in [0.15, 0.2) is 122 Å². The highest BCUT2D eigenvalue weighted by atomic mass is 19.1. The van der Waals surface area contributed by atoms with Crippen LogP contribution in [0.3, 0.4) is 0 Å². The van der Waals surface area contributed by atoms with Gasteiger partial charge in [0, 0.05) is 139 Å². The van der Waals surface area contributed by atoms with Crippen LogP contribution in [0.4, 0.5) is 54.3 Å². The first-order chi connectivity index (χ1) is 65.0. The lowest BCUT2D eigenvalue weighted by atomic mass is 9.95. The predicted molar refractivity (Wildman–Crippen MR) is 544 cm³/mol. The first-order valence-corrected chi connectivity index (χ1v) is 49.9. The highest BCUT2D eigenvalue weighted by Crippen LogP contribution is 2.32. The summed E-state index contributed by atoms with van der Waals surface area (Å²) in [6.45, 7) is 14.8. The van der Waals surface area contributed by atoms with Gasteiger partial charge in [0.25, 0.3) is 0 Å². The molecule has 3 aromatic heterocycles. The molecule has 0 spiro atoms. The van der Waals surface area contributed by atoms with Crippen LogP contribution in [0.25, 0.3) is 0 Å². The third-order valence-electron chi connectivity index (χ3n) is 27.6. The zero-order chi connectivity index (χ0) is 97.1. The zero-order valence-corrected chi connectivity index (χ0v) is 83.5. The van der Waals surface area contributed by atoms with E-state index in [0.717, 1.165) is 72.8 Å². The van der Waals surface area contributed by atoms with E-state index in [-0.39, 0.29) is 53.0 Å². The molecule has 7 fully saturated rings. The molecular weight excluding hydrogens is 1700 g/mol. The molecule has 135 heavy (non-hydrogen) atoms. The molecule has 4 heterocycles. The number of hydrogen-bond donors (Lipinski definition) is 7. The van der Waals surface area contributed by atoms with Crippen molar-refractivity contribution in [3.05, 3.63) is 173 Å². The molecule has 0 saturated heterocycles. The van der Waals surface area contributed by atoms with Gasteiger partial charge in [0.1, 0.15) is 23.3 Å². The fourth-order valence-corrected chi connectivity index (χ4v) is 17.9. The Morgan fingerprint density at radius 1 is 0.296 bits per heavy atom. The molecule has 8 aliphatic rings. The maximum atomic E-state index is 13.5. The van der Waals surface area contributed by atoms with Gasteiger partial charge in [-0.1, -0.05) is 151 Å². The van der Waals surface area contributed by atoms with Gasteiger partial charge in [0.2, 0.25) is 41.4 Å². The second-order valence-electron chi connectivity index (χ2n) is 37.9. The Morgan fingerprint density at radius 2 is 0.533 bits per heavy atom. The van der Waals surface area contributed by atoms with E-state index in [1.165, 1.54) is 219 Å². The van der Waals surface area contributed by atoms with E-state index in [4.69, 9.17) is 0 Å². The van der Waals surface area contributed by atoms with Crippen molar-refractivity contribution in [3.8, 4) is 0 Å². The van der Waals surface area contributed by atoms with Crippen LogP contribution in [0.1, 0.15) is 245 Å². The number of carbonyl (C=O) groups excluding carboxylic acids is 7. The minimum absolute atomic E-state index is 0.0289. The summed E-state index contributed by atoms with van der Waals surface area (Å²) >= 11 is 0. The molecule has 7 aromatic rings. The third-order valence-corrected chi connectivity index (χ3v) is 27.6. The van der Waals surface area contributed by atoms with Crippen molar-refractivity contribution in [2.45, 2.75) is 296 Å². The number of benzene rings is 4. The number of halogens is 2. The standard InChI is InChI=1S/C17H25N3O.C16H23FN2O.C16H24N2O.C15H21FN2O.C15H23N3O.C14H22N4O.C13H20N4O/c1-19-10-9-13-7-8-15(11-16(13)19)20(2)17(21)12-18-14-5-3-4-6-14;1-12-8-9-14(10-15(12)17)19(2)16(20)11-18-13-6-4-3-5-7-13;1-13-8-10-15(11-9-13)18(2)16(19)12-17-14-6-4-3-5-7-14;1-11-7-8-13(9-14(11)16)18(2)15(19)10-17-12-5-3-4-6-12;1-12-8-9-14(10-16-12)18(2)15(19)11-17-13-6-4-3-5-7-13;1-11-15-8-13(9-16-11)18(2)14(19)10-17-12-6-4-3-5-7-12;1-10-14-7-12(8-15-10)17(2)13(18)9-16-11-5-3-4-6-11/h7-8,11,14,18H,3-6,9-10,12H2,1-2H3;8-10,13,18H,3-7,11H2,1-2H3;8-11,14,17H,3-7,12H2,1-2H3;7-9,12,17H,3-6,10H2,1-2H3;8-10,13,17H,3-7,11H2,1-2H3;8-9,12,17H,3-7,10H2,1-2H3;7-8,11,16H,3-6,9H2,1-2H3. The van der Waals surface area contributed by atoms with E-state index in [0.29, 0.717) is 122 Å². The smallest absolute Gasteiger partial charge is 0.240 e. The van der Waals surface area contributed by atoms with Crippen LogP contribution >= 0.6 is 0 Å². The Labute approximate surface area is 803 Å². The quantitative estimate of drug-likeness (QED) is 0.0240. The number of rotatable bonds is 28. The number of aryl methyl sites for hydroxylation is 6. The molecule has 0 bridgehead atoms. The van der Waals surface area contributed by atoms with Crippen molar-refractivity contribution < 1.29 is 42.3 Å². The molecule has 0 unspecified atom stereocenters. The number of hydrogen-bond acceptors (Lipinski definition) is 20. The average Bonchev–Trinajstić information content (AvgIpc) is 1.67. The number of anilines is 8. The number of amides is 7. The van der Waals surface area contributed by atoms with Gasteiger partial charge in [-0.2, -0.15) is 0 Å².